The molecule has 29 heavy (non-hydrogen) atoms. The van der Waals surface area contributed by atoms with Crippen LogP contribution in [0.25, 0.3) is 0 Å². The zero-order chi connectivity index (χ0) is 20.2. The number of ether oxygens (including phenoxy) is 1. The quantitative estimate of drug-likeness (QED) is 0.814. The number of hydrogen-bond donors (Lipinski definition) is 2. The van der Waals surface area contributed by atoms with E-state index in [1.165, 1.54) is 6.42 Å². The number of piperidine rings is 1. The third kappa shape index (κ3) is 4.77. The molecule has 6 heteroatoms. The molecule has 1 saturated heterocycles. The van der Waals surface area contributed by atoms with E-state index in [9.17, 15) is 9.59 Å². The number of hydrogen-bond acceptors (Lipinski definition) is 4. The molecule has 2 aromatic carbocycles. The van der Waals surface area contributed by atoms with Crippen molar-refractivity contribution in [3.63, 3.8) is 0 Å². The Kier molecular flexibility index (Phi) is 5.81. The van der Waals surface area contributed by atoms with Crippen LogP contribution in [0.4, 0.5) is 11.4 Å². The maximum Gasteiger partial charge on any atom is 0.255 e. The zero-order valence-electron chi connectivity index (χ0n) is 16.8. The molecule has 1 fully saturated rings. The van der Waals surface area contributed by atoms with Gasteiger partial charge < -0.3 is 15.4 Å². The molecule has 0 spiro atoms. The summed E-state index contributed by atoms with van der Waals surface area (Å²) in [4.78, 5) is 27.3. The lowest BCUT2D eigenvalue weighted by atomic mass is 10.1. The van der Waals surface area contributed by atoms with Crippen LogP contribution in [0.1, 0.15) is 40.7 Å². The fourth-order valence-electron chi connectivity index (χ4n) is 3.88. The van der Waals surface area contributed by atoms with Gasteiger partial charge in [-0.25, -0.2) is 0 Å². The number of fused-ring (bicyclic) bond motifs is 1. The van der Waals surface area contributed by atoms with Crippen LogP contribution < -0.4 is 15.4 Å². The van der Waals surface area contributed by atoms with E-state index in [-0.39, 0.29) is 11.8 Å². The number of nitrogens with one attached hydrogen (secondary N) is 2. The number of rotatable bonds is 5. The fourth-order valence-corrected chi connectivity index (χ4v) is 3.88. The highest BCUT2D eigenvalue weighted by atomic mass is 16.5. The van der Waals surface area contributed by atoms with Gasteiger partial charge in [0.15, 0.2) is 0 Å². The van der Waals surface area contributed by atoms with Crippen LogP contribution in [0, 0.1) is 6.92 Å². The number of likely N-dealkylation sites (tertiary alicyclic amines) is 1. The number of benzene rings is 2. The summed E-state index contributed by atoms with van der Waals surface area (Å²) in [5.74, 6) is 0.668. The Labute approximate surface area is 171 Å². The molecule has 0 radical (unpaired) electrons. The van der Waals surface area contributed by atoms with Crippen molar-refractivity contribution in [1.29, 1.82) is 0 Å². The Balaban J connectivity index is 1.41. The van der Waals surface area contributed by atoms with Crippen LogP contribution in [0.15, 0.2) is 36.4 Å². The summed E-state index contributed by atoms with van der Waals surface area (Å²) in [5, 5.41) is 5.93. The molecular formula is C23H27N3O3. The van der Waals surface area contributed by atoms with Gasteiger partial charge in [0.2, 0.25) is 5.91 Å². The zero-order valence-corrected chi connectivity index (χ0v) is 16.8. The minimum absolute atomic E-state index is 0.0166. The molecule has 0 aromatic heterocycles. The van der Waals surface area contributed by atoms with Gasteiger partial charge in [-0.3, -0.25) is 14.5 Å². The van der Waals surface area contributed by atoms with Crippen molar-refractivity contribution in [1.82, 2.24) is 4.90 Å². The second-order valence-corrected chi connectivity index (χ2v) is 7.79. The minimum Gasteiger partial charge on any atom is -0.493 e. The summed E-state index contributed by atoms with van der Waals surface area (Å²) in [6, 6.07) is 11.1. The number of amides is 2. The van der Waals surface area contributed by atoms with Crippen LogP contribution in [0.5, 0.6) is 5.75 Å². The molecule has 0 saturated carbocycles. The van der Waals surface area contributed by atoms with Gasteiger partial charge in [0, 0.05) is 23.4 Å². The van der Waals surface area contributed by atoms with Gasteiger partial charge >= 0.3 is 0 Å². The first-order valence-electron chi connectivity index (χ1n) is 10.3. The number of aryl methyl sites for hydroxylation is 1. The summed E-state index contributed by atoms with van der Waals surface area (Å²) in [5.41, 5.74) is 4.01. The average molecular weight is 393 g/mol. The molecule has 4 rings (SSSR count). The lowest BCUT2D eigenvalue weighted by Crippen LogP contribution is -2.36. The molecule has 152 valence electrons. The van der Waals surface area contributed by atoms with E-state index in [2.05, 4.69) is 15.5 Å². The molecule has 2 aliphatic rings. The van der Waals surface area contributed by atoms with E-state index in [0.717, 1.165) is 54.9 Å². The highest BCUT2D eigenvalue weighted by Gasteiger charge is 2.17. The SMILES string of the molecule is Cc1ccc(NC(=O)c2ccc3c(c2)CCO3)cc1NC(=O)CN1CCCCC1. The van der Waals surface area contributed by atoms with Crippen LogP contribution in [0.3, 0.4) is 0 Å². The first-order chi connectivity index (χ1) is 14.1. The van der Waals surface area contributed by atoms with Crippen molar-refractivity contribution >= 4 is 23.2 Å². The second-order valence-electron chi connectivity index (χ2n) is 7.79. The summed E-state index contributed by atoms with van der Waals surface area (Å²) < 4.78 is 5.50. The average Bonchev–Trinajstić information content (AvgIpc) is 3.19. The lowest BCUT2D eigenvalue weighted by Gasteiger charge is -2.25. The van der Waals surface area contributed by atoms with Crippen molar-refractivity contribution in [2.24, 2.45) is 0 Å². The van der Waals surface area contributed by atoms with Crippen molar-refractivity contribution in [3.8, 4) is 5.75 Å². The standard InChI is InChI=1S/C23H27N3O3/c1-16-5-7-19(14-20(16)25-22(27)15-26-10-3-2-4-11-26)24-23(28)18-6-8-21-17(13-18)9-12-29-21/h5-8,13-14H,2-4,9-12,15H2,1H3,(H,24,28)(H,25,27). The fraction of sp³-hybridized carbons (Fsp3) is 0.391. The molecule has 2 aliphatic heterocycles. The molecule has 0 atom stereocenters. The molecule has 2 amide bonds. The number of carbonyl (C=O) groups is 2. The summed E-state index contributed by atoms with van der Waals surface area (Å²) in [7, 11) is 0. The Morgan fingerprint density at radius 1 is 1.03 bits per heavy atom. The topological polar surface area (TPSA) is 70.7 Å². The van der Waals surface area contributed by atoms with Crippen LogP contribution in [0.2, 0.25) is 0 Å². The molecule has 0 unspecified atom stereocenters. The van der Waals surface area contributed by atoms with Gasteiger partial charge in [-0.15, -0.1) is 0 Å². The van der Waals surface area contributed by atoms with E-state index in [1.54, 1.807) is 6.07 Å². The van der Waals surface area contributed by atoms with Crippen molar-refractivity contribution in [3.05, 3.63) is 53.1 Å². The van der Waals surface area contributed by atoms with E-state index in [4.69, 9.17) is 4.74 Å². The number of carbonyl (C=O) groups excluding carboxylic acids is 2. The molecule has 6 nitrogen and oxygen atoms in total. The highest BCUT2D eigenvalue weighted by Crippen LogP contribution is 2.27. The van der Waals surface area contributed by atoms with Crippen molar-refractivity contribution in [2.75, 3.05) is 36.9 Å². The number of nitrogens with zero attached hydrogens (tertiary/aromatic N) is 1. The van der Waals surface area contributed by atoms with Crippen LogP contribution in [-0.2, 0) is 11.2 Å². The highest BCUT2D eigenvalue weighted by molar-refractivity contribution is 6.05. The Bertz CT molecular complexity index is 920. The smallest absolute Gasteiger partial charge is 0.255 e. The molecule has 2 heterocycles. The predicted octanol–water partition coefficient (Wildman–Crippen LogP) is 3.61. The maximum atomic E-state index is 12.6. The predicted molar refractivity (Wildman–Crippen MR) is 114 cm³/mol. The van der Waals surface area contributed by atoms with Gasteiger partial charge in [-0.1, -0.05) is 12.5 Å². The van der Waals surface area contributed by atoms with Crippen LogP contribution >= 0.6 is 0 Å². The molecule has 0 bridgehead atoms. The number of anilines is 2. The normalized spacial score (nSPS) is 16.0. The summed E-state index contributed by atoms with van der Waals surface area (Å²) in [6.45, 7) is 4.98. The Morgan fingerprint density at radius 2 is 1.86 bits per heavy atom. The Morgan fingerprint density at radius 3 is 2.69 bits per heavy atom. The lowest BCUT2D eigenvalue weighted by molar-refractivity contribution is -0.117. The van der Waals surface area contributed by atoms with Crippen molar-refractivity contribution < 1.29 is 14.3 Å². The molecular weight excluding hydrogens is 366 g/mol. The van der Waals surface area contributed by atoms with E-state index in [0.29, 0.717) is 24.4 Å². The third-order valence-corrected chi connectivity index (χ3v) is 5.54. The van der Waals surface area contributed by atoms with E-state index in [1.807, 2.05) is 37.3 Å². The first kappa shape index (κ1) is 19.5. The first-order valence-corrected chi connectivity index (χ1v) is 10.3. The van der Waals surface area contributed by atoms with Gasteiger partial charge in [0.05, 0.1) is 13.2 Å². The largest absolute Gasteiger partial charge is 0.493 e. The van der Waals surface area contributed by atoms with E-state index >= 15 is 0 Å². The minimum atomic E-state index is -0.172. The Hall–Kier alpha value is -2.86. The molecule has 2 aromatic rings. The van der Waals surface area contributed by atoms with Crippen LogP contribution in [-0.4, -0.2) is 43.0 Å². The van der Waals surface area contributed by atoms with Gasteiger partial charge in [-0.2, -0.15) is 0 Å². The van der Waals surface area contributed by atoms with E-state index < -0.39 is 0 Å². The second kappa shape index (κ2) is 8.66. The molecule has 0 aliphatic carbocycles. The monoisotopic (exact) mass is 393 g/mol. The summed E-state index contributed by atoms with van der Waals surface area (Å²) >= 11 is 0. The van der Waals surface area contributed by atoms with Gasteiger partial charge in [-0.05, 0) is 74.3 Å². The van der Waals surface area contributed by atoms with Gasteiger partial charge in [0.25, 0.3) is 5.91 Å². The van der Waals surface area contributed by atoms with Gasteiger partial charge in [0.1, 0.15) is 5.75 Å². The maximum absolute atomic E-state index is 12.6. The summed E-state index contributed by atoms with van der Waals surface area (Å²) in [6.07, 6.45) is 4.38. The third-order valence-electron chi connectivity index (χ3n) is 5.54. The molecule has 2 N–H and O–H groups in total. The van der Waals surface area contributed by atoms with Crippen molar-refractivity contribution in [2.45, 2.75) is 32.6 Å².